The van der Waals surface area contributed by atoms with Crippen LogP contribution in [0.1, 0.15) is 34.7 Å². The van der Waals surface area contributed by atoms with Crippen LogP contribution in [0.2, 0.25) is 5.02 Å². The van der Waals surface area contributed by atoms with E-state index in [0.717, 1.165) is 54.6 Å². The zero-order valence-corrected chi connectivity index (χ0v) is 19.6. The molecule has 0 spiro atoms. The van der Waals surface area contributed by atoms with Crippen molar-refractivity contribution in [3.05, 3.63) is 55.4 Å². The van der Waals surface area contributed by atoms with Gasteiger partial charge in [-0.25, -0.2) is 4.98 Å². The number of benzene rings is 1. The topological polar surface area (TPSA) is 67.2 Å². The van der Waals surface area contributed by atoms with Gasteiger partial charge in [0.15, 0.2) is 0 Å². The number of thiophene rings is 1. The van der Waals surface area contributed by atoms with Gasteiger partial charge in [-0.1, -0.05) is 11.6 Å². The molecule has 1 N–H and O–H groups in total. The van der Waals surface area contributed by atoms with Gasteiger partial charge in [-0.3, -0.25) is 19.1 Å². The fourth-order valence-electron chi connectivity index (χ4n) is 3.92. The number of halogens is 4. The number of amides is 1. The molecule has 176 valence electrons. The van der Waals surface area contributed by atoms with Crippen LogP contribution in [-0.2, 0) is 24.1 Å². The van der Waals surface area contributed by atoms with Crippen LogP contribution in [0.15, 0.2) is 23.0 Å². The van der Waals surface area contributed by atoms with E-state index in [9.17, 15) is 22.8 Å². The first-order valence-electron chi connectivity index (χ1n) is 10.4. The molecule has 0 unspecified atom stereocenters. The third-order valence-corrected chi connectivity index (χ3v) is 7.23. The van der Waals surface area contributed by atoms with Crippen LogP contribution in [0, 0.1) is 13.8 Å². The quantitative estimate of drug-likeness (QED) is 0.538. The van der Waals surface area contributed by atoms with Crippen LogP contribution in [-0.4, -0.2) is 33.4 Å². The first kappa shape index (κ1) is 23.7. The van der Waals surface area contributed by atoms with E-state index in [1.807, 2.05) is 13.8 Å². The third kappa shape index (κ3) is 4.92. The Labute approximate surface area is 197 Å². The van der Waals surface area contributed by atoms with E-state index in [2.05, 4.69) is 10.2 Å². The summed E-state index contributed by atoms with van der Waals surface area (Å²) in [5.41, 5.74) is -0.611. The average molecular weight is 499 g/mol. The SMILES string of the molecule is Cc1sc2nc(CN3CCCC3)n(CC(=O)Nc3cc(C(F)(F)F)ccc3Cl)c(=O)c2c1C. The Kier molecular flexibility index (Phi) is 6.52. The summed E-state index contributed by atoms with van der Waals surface area (Å²) in [7, 11) is 0. The van der Waals surface area contributed by atoms with Gasteiger partial charge in [-0.05, 0) is 63.5 Å². The number of alkyl halides is 3. The van der Waals surface area contributed by atoms with Crippen LogP contribution in [0.25, 0.3) is 10.2 Å². The highest BCUT2D eigenvalue weighted by Gasteiger charge is 2.31. The highest BCUT2D eigenvalue weighted by atomic mass is 35.5. The predicted molar refractivity (Wildman–Crippen MR) is 123 cm³/mol. The zero-order chi connectivity index (χ0) is 23.9. The summed E-state index contributed by atoms with van der Waals surface area (Å²) >= 11 is 7.44. The van der Waals surface area contributed by atoms with Gasteiger partial charge in [-0.2, -0.15) is 13.2 Å². The fraction of sp³-hybridized carbons (Fsp3) is 0.409. The summed E-state index contributed by atoms with van der Waals surface area (Å²) < 4.78 is 40.5. The summed E-state index contributed by atoms with van der Waals surface area (Å²) in [5, 5.41) is 2.85. The molecule has 1 aliphatic rings. The molecule has 1 amide bonds. The summed E-state index contributed by atoms with van der Waals surface area (Å²) in [6, 6.07) is 2.70. The highest BCUT2D eigenvalue weighted by molar-refractivity contribution is 7.18. The lowest BCUT2D eigenvalue weighted by Gasteiger charge is -2.18. The number of hydrogen-bond acceptors (Lipinski definition) is 5. The second-order valence-corrected chi connectivity index (χ2v) is 9.72. The van der Waals surface area contributed by atoms with Crippen molar-refractivity contribution < 1.29 is 18.0 Å². The second-order valence-electron chi connectivity index (χ2n) is 8.11. The molecule has 3 aromatic rings. The van der Waals surface area contributed by atoms with E-state index in [0.29, 0.717) is 22.6 Å². The average Bonchev–Trinajstić information content (AvgIpc) is 3.34. The molecule has 0 bridgehead atoms. The van der Waals surface area contributed by atoms with E-state index in [1.54, 1.807) is 0 Å². The van der Waals surface area contributed by atoms with Crippen LogP contribution in [0.5, 0.6) is 0 Å². The monoisotopic (exact) mass is 498 g/mol. The number of carbonyl (C=O) groups is 1. The maximum Gasteiger partial charge on any atom is 0.416 e. The van der Waals surface area contributed by atoms with E-state index in [-0.39, 0.29) is 22.8 Å². The number of aromatic nitrogens is 2. The Morgan fingerprint density at radius 3 is 2.61 bits per heavy atom. The lowest BCUT2D eigenvalue weighted by Crippen LogP contribution is -2.33. The van der Waals surface area contributed by atoms with Gasteiger partial charge < -0.3 is 5.32 Å². The first-order chi connectivity index (χ1) is 15.5. The first-order valence-corrected chi connectivity index (χ1v) is 11.6. The van der Waals surface area contributed by atoms with Crippen molar-refractivity contribution in [2.45, 2.75) is 46.0 Å². The largest absolute Gasteiger partial charge is 0.416 e. The summed E-state index contributed by atoms with van der Waals surface area (Å²) in [6.45, 7) is 5.54. The minimum absolute atomic E-state index is 0.0288. The van der Waals surface area contributed by atoms with E-state index in [1.165, 1.54) is 15.9 Å². The molecule has 0 aliphatic carbocycles. The van der Waals surface area contributed by atoms with Crippen molar-refractivity contribution in [3.8, 4) is 0 Å². The van der Waals surface area contributed by atoms with Crippen molar-refractivity contribution >= 4 is 44.7 Å². The van der Waals surface area contributed by atoms with Crippen molar-refractivity contribution in [2.24, 2.45) is 0 Å². The molecule has 11 heteroatoms. The Bertz CT molecular complexity index is 1280. The van der Waals surface area contributed by atoms with Crippen LogP contribution in [0.3, 0.4) is 0 Å². The molecule has 0 radical (unpaired) electrons. The van der Waals surface area contributed by atoms with E-state index >= 15 is 0 Å². The van der Waals surface area contributed by atoms with Crippen LogP contribution < -0.4 is 10.9 Å². The van der Waals surface area contributed by atoms with E-state index in [4.69, 9.17) is 16.6 Å². The molecule has 1 fully saturated rings. The number of nitrogens with one attached hydrogen (secondary N) is 1. The van der Waals surface area contributed by atoms with Gasteiger partial charge in [0.1, 0.15) is 17.2 Å². The van der Waals surface area contributed by atoms with Crippen molar-refractivity contribution in [1.82, 2.24) is 14.5 Å². The van der Waals surface area contributed by atoms with Crippen LogP contribution >= 0.6 is 22.9 Å². The minimum Gasteiger partial charge on any atom is -0.323 e. The van der Waals surface area contributed by atoms with Gasteiger partial charge in [-0.15, -0.1) is 11.3 Å². The number of aryl methyl sites for hydroxylation is 2. The number of fused-ring (bicyclic) bond motifs is 1. The third-order valence-electron chi connectivity index (χ3n) is 5.80. The molecule has 6 nitrogen and oxygen atoms in total. The predicted octanol–water partition coefficient (Wildman–Crippen LogP) is 4.98. The van der Waals surface area contributed by atoms with Crippen LogP contribution in [0.4, 0.5) is 18.9 Å². The van der Waals surface area contributed by atoms with Gasteiger partial charge >= 0.3 is 6.18 Å². The normalized spacial score (nSPS) is 14.8. The number of hydrogen-bond donors (Lipinski definition) is 1. The molecule has 1 saturated heterocycles. The molecule has 2 aromatic heterocycles. The smallest absolute Gasteiger partial charge is 0.323 e. The molecule has 1 aliphatic heterocycles. The van der Waals surface area contributed by atoms with Gasteiger partial charge in [0, 0.05) is 4.88 Å². The lowest BCUT2D eigenvalue weighted by atomic mass is 10.2. The molecule has 3 heterocycles. The summed E-state index contributed by atoms with van der Waals surface area (Å²) in [4.78, 5) is 34.6. The van der Waals surface area contributed by atoms with Crippen molar-refractivity contribution in [1.29, 1.82) is 0 Å². The Hall–Kier alpha value is -2.43. The molecule has 1 aromatic carbocycles. The van der Waals surface area contributed by atoms with E-state index < -0.39 is 17.6 Å². The van der Waals surface area contributed by atoms with Crippen molar-refractivity contribution in [3.63, 3.8) is 0 Å². The molecule has 33 heavy (non-hydrogen) atoms. The minimum atomic E-state index is -4.58. The van der Waals surface area contributed by atoms with Gasteiger partial charge in [0.05, 0.1) is 28.2 Å². The maximum atomic E-state index is 13.4. The number of rotatable bonds is 5. The van der Waals surface area contributed by atoms with Crippen molar-refractivity contribution in [2.75, 3.05) is 18.4 Å². The van der Waals surface area contributed by atoms with Gasteiger partial charge in [0.25, 0.3) is 5.56 Å². The zero-order valence-electron chi connectivity index (χ0n) is 18.1. The number of anilines is 1. The standard InChI is InChI=1S/C22H22ClF3N4O2S/c1-12-13(2)33-20-19(12)21(32)30(17(28-20)10-29-7-3-4-8-29)11-18(31)27-16-9-14(22(24,25)26)5-6-15(16)23/h5-6,9H,3-4,7-8,10-11H2,1-2H3,(H,27,31). The maximum absolute atomic E-state index is 13.4. The molecule has 0 atom stereocenters. The number of carbonyl (C=O) groups excluding carboxylic acids is 1. The lowest BCUT2D eigenvalue weighted by molar-refractivity contribution is -0.137. The Morgan fingerprint density at radius 2 is 1.94 bits per heavy atom. The molecular weight excluding hydrogens is 477 g/mol. The second kappa shape index (κ2) is 9.08. The fourth-order valence-corrected chi connectivity index (χ4v) is 5.13. The number of nitrogens with zero attached hydrogens (tertiary/aromatic N) is 3. The molecule has 4 rings (SSSR count). The summed E-state index contributed by atoms with van der Waals surface area (Å²) in [6.07, 6.45) is -2.47. The number of likely N-dealkylation sites (tertiary alicyclic amines) is 1. The Balaban J connectivity index is 1.68. The Morgan fingerprint density at radius 1 is 1.24 bits per heavy atom. The summed E-state index contributed by atoms with van der Waals surface area (Å²) in [5.74, 6) is -0.201. The molecule has 0 saturated carbocycles. The molecular formula is C22H22ClF3N4O2S. The van der Waals surface area contributed by atoms with Gasteiger partial charge in [0.2, 0.25) is 5.91 Å². The highest BCUT2D eigenvalue weighted by Crippen LogP contribution is 2.34.